The third-order valence-corrected chi connectivity index (χ3v) is 4.72. The summed E-state index contributed by atoms with van der Waals surface area (Å²) in [4.78, 5) is 0. The summed E-state index contributed by atoms with van der Waals surface area (Å²) in [6, 6.07) is 11.4. The summed E-state index contributed by atoms with van der Waals surface area (Å²) in [5.41, 5.74) is 1.46. The molecule has 0 aliphatic carbocycles. The maximum absolute atomic E-state index is 3.68. The van der Waals surface area contributed by atoms with Gasteiger partial charge in [0.05, 0.1) is 0 Å². The van der Waals surface area contributed by atoms with Gasteiger partial charge in [0.2, 0.25) is 0 Å². The highest BCUT2D eigenvalue weighted by atomic mass is 32.2. The van der Waals surface area contributed by atoms with Gasteiger partial charge in [-0.1, -0.05) is 30.3 Å². The summed E-state index contributed by atoms with van der Waals surface area (Å²) < 4.78 is 0. The van der Waals surface area contributed by atoms with Crippen LogP contribution >= 0.6 is 11.8 Å². The maximum Gasteiger partial charge on any atom is 0.00420 e. The fourth-order valence-corrected chi connectivity index (χ4v) is 3.53. The molecule has 1 aromatic rings. The van der Waals surface area contributed by atoms with E-state index in [1.807, 2.05) is 0 Å². The topological polar surface area (TPSA) is 12.0 Å². The van der Waals surface area contributed by atoms with Crippen molar-refractivity contribution in [3.63, 3.8) is 0 Å². The molecule has 0 amide bonds. The number of benzene rings is 1. The van der Waals surface area contributed by atoms with E-state index in [0.29, 0.717) is 6.04 Å². The van der Waals surface area contributed by atoms with Crippen molar-refractivity contribution in [1.29, 1.82) is 0 Å². The molecule has 0 bridgehead atoms. The Bertz CT molecular complexity index is 306. The van der Waals surface area contributed by atoms with Crippen LogP contribution in [0.1, 0.15) is 25.3 Å². The smallest absolute Gasteiger partial charge is 0.00420 e. The molecule has 2 heteroatoms. The van der Waals surface area contributed by atoms with E-state index in [2.05, 4.69) is 54.3 Å². The zero-order valence-electron chi connectivity index (χ0n) is 10.7. The zero-order valence-corrected chi connectivity index (χ0v) is 11.5. The van der Waals surface area contributed by atoms with E-state index >= 15 is 0 Å². The summed E-state index contributed by atoms with van der Waals surface area (Å²) in [6.45, 7) is 3.52. The SMILES string of the molecule is CC(CCc1ccccc1)NCC1CCSC1. The number of thioether (sulfide) groups is 1. The first-order valence-electron chi connectivity index (χ1n) is 6.69. The molecular formula is C15H23NS. The highest BCUT2D eigenvalue weighted by molar-refractivity contribution is 7.99. The van der Waals surface area contributed by atoms with E-state index < -0.39 is 0 Å². The molecule has 1 N–H and O–H groups in total. The highest BCUT2D eigenvalue weighted by Gasteiger charge is 2.15. The lowest BCUT2D eigenvalue weighted by Gasteiger charge is -2.16. The van der Waals surface area contributed by atoms with Crippen molar-refractivity contribution in [3.8, 4) is 0 Å². The van der Waals surface area contributed by atoms with Crippen molar-refractivity contribution in [2.45, 2.75) is 32.2 Å². The molecular weight excluding hydrogens is 226 g/mol. The van der Waals surface area contributed by atoms with Crippen LogP contribution in [0.3, 0.4) is 0 Å². The third kappa shape index (κ3) is 4.72. The molecule has 2 rings (SSSR count). The van der Waals surface area contributed by atoms with Gasteiger partial charge < -0.3 is 5.32 Å². The lowest BCUT2D eigenvalue weighted by Crippen LogP contribution is -2.31. The molecule has 0 aromatic heterocycles. The van der Waals surface area contributed by atoms with Gasteiger partial charge in [0.1, 0.15) is 0 Å². The Morgan fingerprint density at radius 1 is 1.35 bits per heavy atom. The minimum Gasteiger partial charge on any atom is -0.314 e. The normalized spacial score (nSPS) is 21.6. The second-order valence-electron chi connectivity index (χ2n) is 5.06. The Hall–Kier alpha value is -0.470. The van der Waals surface area contributed by atoms with Gasteiger partial charge in [-0.25, -0.2) is 0 Å². The first kappa shape index (κ1) is 13.0. The predicted octanol–water partition coefficient (Wildman–Crippen LogP) is 3.35. The van der Waals surface area contributed by atoms with E-state index in [1.54, 1.807) is 0 Å². The van der Waals surface area contributed by atoms with E-state index in [4.69, 9.17) is 0 Å². The van der Waals surface area contributed by atoms with E-state index in [9.17, 15) is 0 Å². The molecule has 1 aliphatic heterocycles. The molecule has 1 heterocycles. The quantitative estimate of drug-likeness (QED) is 0.830. The second kappa shape index (κ2) is 7.07. The molecule has 1 aromatic carbocycles. The Morgan fingerprint density at radius 3 is 2.88 bits per heavy atom. The molecule has 17 heavy (non-hydrogen) atoms. The fraction of sp³-hybridized carbons (Fsp3) is 0.600. The van der Waals surface area contributed by atoms with Crippen molar-refractivity contribution in [2.75, 3.05) is 18.1 Å². The van der Waals surface area contributed by atoms with E-state index in [-0.39, 0.29) is 0 Å². The number of rotatable bonds is 6. The monoisotopic (exact) mass is 249 g/mol. The molecule has 1 nitrogen and oxygen atoms in total. The third-order valence-electron chi connectivity index (χ3n) is 3.49. The minimum atomic E-state index is 0.640. The van der Waals surface area contributed by atoms with Crippen LogP contribution in [0.5, 0.6) is 0 Å². The summed E-state index contributed by atoms with van der Waals surface area (Å²) in [7, 11) is 0. The predicted molar refractivity (Wildman–Crippen MR) is 77.7 cm³/mol. The van der Waals surface area contributed by atoms with Crippen LogP contribution in [-0.4, -0.2) is 24.1 Å². The molecule has 1 aliphatic rings. The average molecular weight is 249 g/mol. The fourth-order valence-electron chi connectivity index (χ4n) is 2.24. The van der Waals surface area contributed by atoms with Crippen LogP contribution in [0.4, 0.5) is 0 Å². The van der Waals surface area contributed by atoms with E-state index in [0.717, 1.165) is 5.92 Å². The van der Waals surface area contributed by atoms with Gasteiger partial charge in [-0.2, -0.15) is 11.8 Å². The Balaban J connectivity index is 1.62. The number of nitrogens with one attached hydrogen (secondary N) is 1. The standard InChI is InChI=1S/C15H23NS/c1-13(16-11-15-9-10-17-12-15)7-8-14-5-3-2-4-6-14/h2-6,13,15-16H,7-12H2,1H3. The zero-order chi connectivity index (χ0) is 11.9. The van der Waals surface area contributed by atoms with E-state index in [1.165, 1.54) is 42.9 Å². The van der Waals surface area contributed by atoms with Crippen molar-refractivity contribution in [3.05, 3.63) is 35.9 Å². The number of hydrogen-bond donors (Lipinski definition) is 1. The van der Waals surface area contributed by atoms with Crippen molar-refractivity contribution >= 4 is 11.8 Å². The molecule has 0 spiro atoms. The van der Waals surface area contributed by atoms with Gasteiger partial charge in [0.25, 0.3) is 0 Å². The summed E-state index contributed by atoms with van der Waals surface area (Å²) in [6.07, 6.45) is 3.83. The Morgan fingerprint density at radius 2 is 2.18 bits per heavy atom. The molecule has 1 fully saturated rings. The van der Waals surface area contributed by atoms with Crippen molar-refractivity contribution in [1.82, 2.24) is 5.32 Å². The Kier molecular flexibility index (Phi) is 5.40. The number of hydrogen-bond acceptors (Lipinski definition) is 2. The molecule has 2 unspecified atom stereocenters. The van der Waals surface area contributed by atoms with Crippen molar-refractivity contribution < 1.29 is 0 Å². The minimum absolute atomic E-state index is 0.640. The van der Waals surface area contributed by atoms with Crippen LogP contribution in [0.15, 0.2) is 30.3 Å². The van der Waals surface area contributed by atoms with Gasteiger partial charge >= 0.3 is 0 Å². The summed E-state index contributed by atoms with van der Waals surface area (Å²) in [5, 5.41) is 3.68. The van der Waals surface area contributed by atoms with Crippen LogP contribution in [0.2, 0.25) is 0 Å². The van der Waals surface area contributed by atoms with Crippen LogP contribution < -0.4 is 5.32 Å². The number of aryl methyl sites for hydroxylation is 1. The maximum atomic E-state index is 3.68. The first-order valence-corrected chi connectivity index (χ1v) is 7.85. The van der Waals surface area contributed by atoms with Gasteiger partial charge in [-0.05, 0) is 55.7 Å². The van der Waals surface area contributed by atoms with Crippen LogP contribution in [0.25, 0.3) is 0 Å². The molecule has 94 valence electrons. The molecule has 0 radical (unpaired) electrons. The summed E-state index contributed by atoms with van der Waals surface area (Å²) >= 11 is 2.10. The van der Waals surface area contributed by atoms with Crippen LogP contribution in [0, 0.1) is 5.92 Å². The van der Waals surface area contributed by atoms with Crippen molar-refractivity contribution in [2.24, 2.45) is 5.92 Å². The highest BCUT2D eigenvalue weighted by Crippen LogP contribution is 2.22. The van der Waals surface area contributed by atoms with Gasteiger partial charge in [-0.3, -0.25) is 0 Å². The largest absolute Gasteiger partial charge is 0.314 e. The summed E-state index contributed by atoms with van der Waals surface area (Å²) in [5.74, 6) is 3.64. The van der Waals surface area contributed by atoms with Gasteiger partial charge in [0, 0.05) is 6.04 Å². The van der Waals surface area contributed by atoms with Crippen LogP contribution in [-0.2, 0) is 6.42 Å². The lowest BCUT2D eigenvalue weighted by atomic mass is 10.0. The Labute approximate surface area is 109 Å². The second-order valence-corrected chi connectivity index (χ2v) is 6.21. The molecule has 1 saturated heterocycles. The van der Waals surface area contributed by atoms with Gasteiger partial charge in [-0.15, -0.1) is 0 Å². The average Bonchev–Trinajstić information content (AvgIpc) is 2.88. The first-order chi connectivity index (χ1) is 8.34. The molecule has 2 atom stereocenters. The lowest BCUT2D eigenvalue weighted by molar-refractivity contribution is 0.451. The van der Waals surface area contributed by atoms with Gasteiger partial charge in [0.15, 0.2) is 0 Å². The molecule has 0 saturated carbocycles.